The van der Waals surface area contributed by atoms with Crippen molar-refractivity contribution < 1.29 is 14.7 Å². The summed E-state index contributed by atoms with van der Waals surface area (Å²) in [5.74, 6) is -0.466. The Morgan fingerprint density at radius 1 is 1.47 bits per heavy atom. The lowest BCUT2D eigenvalue weighted by atomic mass is 10.2. The minimum Gasteiger partial charge on any atom is -0.506 e. The number of hydrogen-bond donors (Lipinski definition) is 2. The van der Waals surface area contributed by atoms with Crippen LogP contribution in [0, 0.1) is 0 Å². The standard InChI is InChI=1S/C11H15N3O3/c1-12-10(16)3-4-14(2)11(17)8-5-9(15)7-13-6-8/h5-7,15H,3-4H2,1-2H3,(H,12,16). The zero-order valence-electron chi connectivity index (χ0n) is 9.80. The first-order valence-corrected chi connectivity index (χ1v) is 5.14. The van der Waals surface area contributed by atoms with Gasteiger partial charge in [-0.3, -0.25) is 14.6 Å². The number of pyridine rings is 1. The number of hydrogen-bond acceptors (Lipinski definition) is 4. The molecule has 0 aliphatic rings. The molecule has 0 spiro atoms. The average molecular weight is 237 g/mol. The van der Waals surface area contributed by atoms with E-state index in [1.165, 1.54) is 23.4 Å². The van der Waals surface area contributed by atoms with Crippen molar-refractivity contribution in [2.24, 2.45) is 0 Å². The van der Waals surface area contributed by atoms with E-state index >= 15 is 0 Å². The van der Waals surface area contributed by atoms with Gasteiger partial charge >= 0.3 is 0 Å². The first kappa shape index (κ1) is 13.0. The Morgan fingerprint density at radius 3 is 2.76 bits per heavy atom. The van der Waals surface area contributed by atoms with Crippen molar-refractivity contribution >= 4 is 11.8 Å². The lowest BCUT2D eigenvalue weighted by Gasteiger charge is -2.16. The molecule has 2 amide bonds. The van der Waals surface area contributed by atoms with E-state index in [1.54, 1.807) is 14.1 Å². The summed E-state index contributed by atoms with van der Waals surface area (Å²) in [7, 11) is 3.14. The van der Waals surface area contributed by atoms with Crippen LogP contribution in [0.3, 0.4) is 0 Å². The summed E-state index contributed by atoms with van der Waals surface area (Å²) >= 11 is 0. The third kappa shape index (κ3) is 3.75. The van der Waals surface area contributed by atoms with Gasteiger partial charge in [0.2, 0.25) is 5.91 Å². The topological polar surface area (TPSA) is 82.5 Å². The fourth-order valence-corrected chi connectivity index (χ4v) is 1.26. The Kier molecular flexibility index (Phi) is 4.45. The Balaban J connectivity index is 2.61. The molecule has 1 aromatic heterocycles. The van der Waals surface area contributed by atoms with E-state index in [1.807, 2.05) is 0 Å². The molecule has 6 heteroatoms. The van der Waals surface area contributed by atoms with Crippen LogP contribution in [0.15, 0.2) is 18.5 Å². The summed E-state index contributed by atoms with van der Waals surface area (Å²) in [4.78, 5) is 28.0. The quantitative estimate of drug-likeness (QED) is 0.772. The smallest absolute Gasteiger partial charge is 0.255 e. The van der Waals surface area contributed by atoms with Gasteiger partial charge in [0.05, 0.1) is 11.8 Å². The Labute approximate surface area is 99.3 Å². The number of rotatable bonds is 4. The third-order valence-electron chi connectivity index (χ3n) is 2.27. The van der Waals surface area contributed by atoms with Gasteiger partial charge < -0.3 is 15.3 Å². The number of nitrogens with one attached hydrogen (secondary N) is 1. The molecule has 0 atom stereocenters. The summed E-state index contributed by atoms with van der Waals surface area (Å²) in [6, 6.07) is 1.34. The van der Waals surface area contributed by atoms with Crippen LogP contribution in [-0.4, -0.2) is 47.4 Å². The van der Waals surface area contributed by atoms with E-state index in [9.17, 15) is 14.7 Å². The van der Waals surface area contributed by atoms with E-state index in [2.05, 4.69) is 10.3 Å². The Morgan fingerprint density at radius 2 is 2.18 bits per heavy atom. The van der Waals surface area contributed by atoms with Gasteiger partial charge in [-0.25, -0.2) is 0 Å². The summed E-state index contributed by atoms with van der Waals surface area (Å²) in [5.41, 5.74) is 0.296. The van der Waals surface area contributed by atoms with E-state index < -0.39 is 0 Å². The number of carbonyl (C=O) groups is 2. The number of carbonyl (C=O) groups excluding carboxylic acids is 2. The van der Waals surface area contributed by atoms with Crippen LogP contribution in [0.5, 0.6) is 5.75 Å². The van der Waals surface area contributed by atoms with Crippen molar-refractivity contribution in [2.45, 2.75) is 6.42 Å². The normalized spacial score (nSPS) is 9.76. The molecule has 1 heterocycles. The molecule has 0 fully saturated rings. The first-order valence-electron chi connectivity index (χ1n) is 5.14. The highest BCUT2D eigenvalue weighted by Gasteiger charge is 2.13. The van der Waals surface area contributed by atoms with Crippen molar-refractivity contribution in [3.8, 4) is 5.75 Å². The van der Waals surface area contributed by atoms with Crippen LogP contribution in [-0.2, 0) is 4.79 Å². The summed E-state index contributed by atoms with van der Waals surface area (Å²) in [5, 5.41) is 11.7. The van der Waals surface area contributed by atoms with Gasteiger partial charge in [0, 0.05) is 33.3 Å². The van der Waals surface area contributed by atoms with E-state index in [0.29, 0.717) is 12.1 Å². The van der Waals surface area contributed by atoms with Gasteiger partial charge in [-0.1, -0.05) is 0 Å². The molecule has 0 aliphatic heterocycles. The fraction of sp³-hybridized carbons (Fsp3) is 0.364. The van der Waals surface area contributed by atoms with Gasteiger partial charge in [0.1, 0.15) is 5.75 Å². The second-order valence-electron chi connectivity index (χ2n) is 3.58. The number of aromatic hydroxyl groups is 1. The lowest BCUT2D eigenvalue weighted by molar-refractivity contribution is -0.120. The molecular weight excluding hydrogens is 222 g/mol. The molecule has 0 aromatic carbocycles. The number of nitrogens with zero attached hydrogens (tertiary/aromatic N) is 2. The first-order chi connectivity index (χ1) is 8.04. The van der Waals surface area contributed by atoms with Crippen molar-refractivity contribution in [1.82, 2.24) is 15.2 Å². The minimum atomic E-state index is -0.280. The molecular formula is C11H15N3O3. The van der Waals surface area contributed by atoms with Gasteiger partial charge in [0.15, 0.2) is 0 Å². The van der Waals surface area contributed by atoms with E-state index in [0.717, 1.165) is 0 Å². The Bertz CT molecular complexity index is 420. The molecule has 0 unspecified atom stereocenters. The molecule has 0 saturated carbocycles. The molecule has 17 heavy (non-hydrogen) atoms. The highest BCUT2D eigenvalue weighted by molar-refractivity contribution is 5.94. The fourth-order valence-electron chi connectivity index (χ4n) is 1.26. The van der Waals surface area contributed by atoms with Crippen molar-refractivity contribution in [1.29, 1.82) is 0 Å². The zero-order valence-corrected chi connectivity index (χ0v) is 9.80. The lowest BCUT2D eigenvalue weighted by Crippen LogP contribution is -2.31. The third-order valence-corrected chi connectivity index (χ3v) is 2.27. The zero-order chi connectivity index (χ0) is 12.8. The molecule has 92 valence electrons. The molecule has 0 bridgehead atoms. The van der Waals surface area contributed by atoms with Crippen molar-refractivity contribution in [3.63, 3.8) is 0 Å². The van der Waals surface area contributed by atoms with Crippen molar-refractivity contribution in [2.75, 3.05) is 20.6 Å². The monoisotopic (exact) mass is 237 g/mol. The number of aromatic nitrogens is 1. The minimum absolute atomic E-state index is 0.0597. The maximum Gasteiger partial charge on any atom is 0.255 e. The van der Waals surface area contributed by atoms with Crippen LogP contribution in [0.2, 0.25) is 0 Å². The molecule has 1 aromatic rings. The predicted octanol–water partition coefficient (Wildman–Crippen LogP) is -0.00470. The maximum absolute atomic E-state index is 11.8. The largest absolute Gasteiger partial charge is 0.506 e. The molecule has 0 aliphatic carbocycles. The molecule has 0 saturated heterocycles. The van der Waals surface area contributed by atoms with Gasteiger partial charge in [-0.2, -0.15) is 0 Å². The summed E-state index contributed by atoms with van der Waals surface area (Å²) in [6.45, 7) is 0.314. The van der Waals surface area contributed by atoms with Gasteiger partial charge in [-0.05, 0) is 6.07 Å². The van der Waals surface area contributed by atoms with Crippen molar-refractivity contribution in [3.05, 3.63) is 24.0 Å². The van der Waals surface area contributed by atoms with Crippen LogP contribution < -0.4 is 5.32 Å². The highest BCUT2D eigenvalue weighted by Crippen LogP contribution is 2.10. The SMILES string of the molecule is CNC(=O)CCN(C)C(=O)c1cncc(O)c1. The summed E-state index contributed by atoms with van der Waals surface area (Å²) < 4.78 is 0. The van der Waals surface area contributed by atoms with Crippen LogP contribution in [0.1, 0.15) is 16.8 Å². The molecule has 2 N–H and O–H groups in total. The second-order valence-corrected chi connectivity index (χ2v) is 3.58. The van der Waals surface area contributed by atoms with E-state index in [4.69, 9.17) is 0 Å². The second kappa shape index (κ2) is 5.83. The van der Waals surface area contributed by atoms with Crippen LogP contribution in [0.4, 0.5) is 0 Å². The van der Waals surface area contributed by atoms with E-state index in [-0.39, 0.29) is 24.0 Å². The Hall–Kier alpha value is -2.11. The molecule has 6 nitrogen and oxygen atoms in total. The predicted molar refractivity (Wildman–Crippen MR) is 61.5 cm³/mol. The van der Waals surface area contributed by atoms with Crippen LogP contribution >= 0.6 is 0 Å². The summed E-state index contributed by atoms with van der Waals surface area (Å²) in [6.07, 6.45) is 2.87. The van der Waals surface area contributed by atoms with Crippen LogP contribution in [0.25, 0.3) is 0 Å². The average Bonchev–Trinajstić information content (AvgIpc) is 2.34. The maximum atomic E-state index is 11.8. The van der Waals surface area contributed by atoms with Gasteiger partial charge in [-0.15, -0.1) is 0 Å². The molecule has 0 radical (unpaired) electrons. The molecule has 1 rings (SSSR count). The highest BCUT2D eigenvalue weighted by atomic mass is 16.3. The van der Waals surface area contributed by atoms with Gasteiger partial charge in [0.25, 0.3) is 5.91 Å². The number of amides is 2.